The van der Waals surface area contributed by atoms with Crippen molar-refractivity contribution in [2.24, 2.45) is 0 Å². The predicted molar refractivity (Wildman–Crippen MR) is 141 cm³/mol. The molecule has 4 aromatic carbocycles. The number of carbonyl (C=O) groups is 1. The monoisotopic (exact) mass is 466 g/mol. The van der Waals surface area contributed by atoms with Crippen LogP contribution in [0.4, 0.5) is 10.5 Å². The first-order chi connectivity index (χ1) is 17.2. The maximum absolute atomic E-state index is 12.9. The molecule has 178 valence electrons. The second-order valence-corrected chi connectivity index (χ2v) is 8.92. The standard InChI is InChI=1S/C30H30N2O3/c1-34-21-22-9-11-23(12-10-22)24-13-15-26(16-14-24)35-27-17-19-32(20-18-27)30(33)31-29-8-4-6-25-5-2-3-7-28(25)29/h2-16,27H,17-21H2,1H3,(H,31,33). The van der Waals surface area contributed by atoms with E-state index < -0.39 is 0 Å². The zero-order valence-corrected chi connectivity index (χ0v) is 19.9. The number of urea groups is 1. The third kappa shape index (κ3) is 5.47. The molecule has 1 saturated heterocycles. The van der Waals surface area contributed by atoms with Crippen molar-refractivity contribution in [2.75, 3.05) is 25.5 Å². The van der Waals surface area contributed by atoms with Crippen molar-refractivity contribution in [3.63, 3.8) is 0 Å². The Morgan fingerprint density at radius 1 is 0.857 bits per heavy atom. The Morgan fingerprint density at radius 3 is 2.23 bits per heavy atom. The predicted octanol–water partition coefficient (Wildman–Crippen LogP) is 6.73. The van der Waals surface area contributed by atoms with Gasteiger partial charge in [-0.1, -0.05) is 72.8 Å². The van der Waals surface area contributed by atoms with Crippen molar-refractivity contribution < 1.29 is 14.3 Å². The molecule has 4 aromatic rings. The molecular formula is C30H30N2O3. The number of methoxy groups -OCH3 is 1. The van der Waals surface area contributed by atoms with Crippen LogP contribution in [0.3, 0.4) is 0 Å². The first kappa shape index (κ1) is 22.9. The Kier molecular flexibility index (Phi) is 6.96. The molecule has 35 heavy (non-hydrogen) atoms. The number of ether oxygens (including phenoxy) is 2. The lowest BCUT2D eigenvalue weighted by atomic mass is 10.0. The van der Waals surface area contributed by atoms with Crippen molar-refractivity contribution in [1.82, 2.24) is 4.90 Å². The quantitative estimate of drug-likeness (QED) is 0.343. The van der Waals surface area contributed by atoms with Gasteiger partial charge in [-0.2, -0.15) is 0 Å². The molecule has 1 heterocycles. The zero-order valence-electron chi connectivity index (χ0n) is 19.9. The second-order valence-electron chi connectivity index (χ2n) is 8.92. The van der Waals surface area contributed by atoms with Gasteiger partial charge in [-0.05, 0) is 40.3 Å². The van der Waals surface area contributed by atoms with Crippen LogP contribution in [0.5, 0.6) is 5.75 Å². The van der Waals surface area contributed by atoms with E-state index in [1.807, 2.05) is 47.4 Å². The van der Waals surface area contributed by atoms with Crippen LogP contribution in [-0.2, 0) is 11.3 Å². The number of carbonyl (C=O) groups excluding carboxylic acids is 1. The second kappa shape index (κ2) is 10.6. The summed E-state index contributed by atoms with van der Waals surface area (Å²) >= 11 is 0. The van der Waals surface area contributed by atoms with Gasteiger partial charge < -0.3 is 19.7 Å². The zero-order chi connectivity index (χ0) is 24.0. The fourth-order valence-corrected chi connectivity index (χ4v) is 4.58. The van der Waals surface area contributed by atoms with Crippen LogP contribution in [0, 0.1) is 0 Å². The molecule has 5 heteroatoms. The minimum atomic E-state index is -0.0549. The van der Waals surface area contributed by atoms with Crippen molar-refractivity contribution in [1.29, 1.82) is 0 Å². The van der Waals surface area contributed by atoms with E-state index in [1.54, 1.807) is 7.11 Å². The van der Waals surface area contributed by atoms with Gasteiger partial charge in [0.15, 0.2) is 0 Å². The van der Waals surface area contributed by atoms with Gasteiger partial charge in [-0.3, -0.25) is 0 Å². The van der Waals surface area contributed by atoms with Gasteiger partial charge in [0.1, 0.15) is 11.9 Å². The maximum Gasteiger partial charge on any atom is 0.321 e. The lowest BCUT2D eigenvalue weighted by Crippen LogP contribution is -2.43. The van der Waals surface area contributed by atoms with Crippen LogP contribution in [0.1, 0.15) is 18.4 Å². The summed E-state index contributed by atoms with van der Waals surface area (Å²) in [5, 5.41) is 5.26. The van der Waals surface area contributed by atoms with Crippen LogP contribution < -0.4 is 10.1 Å². The molecule has 0 spiro atoms. The Labute approximate surface area is 206 Å². The van der Waals surface area contributed by atoms with Gasteiger partial charge in [-0.25, -0.2) is 4.79 Å². The number of anilines is 1. The fraction of sp³-hybridized carbons (Fsp3) is 0.233. The number of hydrogen-bond acceptors (Lipinski definition) is 3. The van der Waals surface area contributed by atoms with E-state index in [9.17, 15) is 4.79 Å². The normalized spacial score (nSPS) is 14.1. The molecule has 0 radical (unpaired) electrons. The summed E-state index contributed by atoms with van der Waals surface area (Å²) < 4.78 is 11.4. The van der Waals surface area contributed by atoms with E-state index in [1.165, 1.54) is 5.56 Å². The average Bonchev–Trinajstić information content (AvgIpc) is 2.90. The Bertz CT molecular complexity index is 1270. The van der Waals surface area contributed by atoms with Crippen molar-refractivity contribution in [3.8, 4) is 16.9 Å². The van der Waals surface area contributed by atoms with Crippen LogP contribution >= 0.6 is 0 Å². The summed E-state index contributed by atoms with van der Waals surface area (Å²) in [4.78, 5) is 14.7. The average molecular weight is 467 g/mol. The minimum Gasteiger partial charge on any atom is -0.490 e. The number of hydrogen-bond donors (Lipinski definition) is 1. The molecule has 0 saturated carbocycles. The minimum absolute atomic E-state index is 0.0549. The van der Waals surface area contributed by atoms with Gasteiger partial charge >= 0.3 is 6.03 Å². The summed E-state index contributed by atoms with van der Waals surface area (Å²) in [6.45, 7) is 1.97. The highest BCUT2D eigenvalue weighted by Gasteiger charge is 2.24. The molecule has 1 aliphatic heterocycles. The summed E-state index contributed by atoms with van der Waals surface area (Å²) in [5.41, 5.74) is 4.33. The molecule has 1 aliphatic rings. The fourth-order valence-electron chi connectivity index (χ4n) is 4.58. The Balaban J connectivity index is 1.14. The number of nitrogens with one attached hydrogen (secondary N) is 1. The van der Waals surface area contributed by atoms with Crippen molar-refractivity contribution in [3.05, 3.63) is 96.6 Å². The highest BCUT2D eigenvalue weighted by Crippen LogP contribution is 2.26. The first-order valence-corrected chi connectivity index (χ1v) is 12.1. The lowest BCUT2D eigenvalue weighted by Gasteiger charge is -2.32. The summed E-state index contributed by atoms with van der Waals surface area (Å²) in [6, 6.07) is 30.7. The van der Waals surface area contributed by atoms with Gasteiger partial charge in [-0.15, -0.1) is 0 Å². The molecule has 1 N–H and O–H groups in total. The van der Waals surface area contributed by atoms with Gasteiger partial charge in [0.05, 0.1) is 12.3 Å². The highest BCUT2D eigenvalue weighted by molar-refractivity contribution is 6.01. The first-order valence-electron chi connectivity index (χ1n) is 12.1. The molecule has 2 amide bonds. The third-order valence-corrected chi connectivity index (χ3v) is 6.52. The Hall–Kier alpha value is -3.83. The van der Waals surface area contributed by atoms with E-state index in [2.05, 4.69) is 53.8 Å². The number of amides is 2. The van der Waals surface area contributed by atoms with Crippen LogP contribution in [0.2, 0.25) is 0 Å². The number of fused-ring (bicyclic) bond motifs is 1. The van der Waals surface area contributed by atoms with Crippen LogP contribution in [-0.4, -0.2) is 37.2 Å². The van der Waals surface area contributed by atoms with Gasteiger partial charge in [0.25, 0.3) is 0 Å². The summed E-state index contributed by atoms with van der Waals surface area (Å²) in [6.07, 6.45) is 1.73. The van der Waals surface area contributed by atoms with E-state index >= 15 is 0 Å². The largest absolute Gasteiger partial charge is 0.490 e. The number of piperidine rings is 1. The van der Waals surface area contributed by atoms with Crippen molar-refractivity contribution >= 4 is 22.5 Å². The SMILES string of the molecule is COCc1ccc(-c2ccc(OC3CCN(C(=O)Nc4cccc5ccccc45)CC3)cc2)cc1. The van der Waals surface area contributed by atoms with E-state index in [0.29, 0.717) is 19.7 Å². The van der Waals surface area contributed by atoms with Gasteiger partial charge in [0.2, 0.25) is 0 Å². The smallest absolute Gasteiger partial charge is 0.321 e. The molecule has 0 aromatic heterocycles. The molecule has 1 fully saturated rings. The van der Waals surface area contributed by atoms with E-state index in [0.717, 1.165) is 46.2 Å². The molecule has 0 atom stereocenters. The van der Waals surface area contributed by atoms with Crippen LogP contribution in [0.15, 0.2) is 91.0 Å². The lowest BCUT2D eigenvalue weighted by molar-refractivity contribution is 0.115. The van der Waals surface area contributed by atoms with Gasteiger partial charge in [0, 0.05) is 38.4 Å². The summed E-state index contributed by atoms with van der Waals surface area (Å²) in [5.74, 6) is 0.864. The molecule has 5 rings (SSSR count). The van der Waals surface area contributed by atoms with Crippen molar-refractivity contribution in [2.45, 2.75) is 25.6 Å². The Morgan fingerprint density at radius 2 is 1.51 bits per heavy atom. The molecular weight excluding hydrogens is 436 g/mol. The molecule has 5 nitrogen and oxygen atoms in total. The number of nitrogens with zero attached hydrogens (tertiary/aromatic N) is 1. The third-order valence-electron chi connectivity index (χ3n) is 6.52. The number of benzene rings is 4. The van der Waals surface area contributed by atoms with E-state index in [-0.39, 0.29) is 12.1 Å². The number of likely N-dealkylation sites (tertiary alicyclic amines) is 1. The molecule has 0 bridgehead atoms. The maximum atomic E-state index is 12.9. The molecule has 0 aliphatic carbocycles. The van der Waals surface area contributed by atoms with E-state index in [4.69, 9.17) is 9.47 Å². The molecule has 0 unspecified atom stereocenters. The highest BCUT2D eigenvalue weighted by atomic mass is 16.5. The topological polar surface area (TPSA) is 50.8 Å². The summed E-state index contributed by atoms with van der Waals surface area (Å²) in [7, 11) is 1.71. The van der Waals surface area contributed by atoms with Crippen LogP contribution in [0.25, 0.3) is 21.9 Å². The number of rotatable bonds is 6.